The average Bonchev–Trinajstić information content (AvgIpc) is 3.28. The third kappa shape index (κ3) is 14.7. The Kier molecular flexibility index (Phi) is 17.8. The van der Waals surface area contributed by atoms with Crippen molar-refractivity contribution in [1.29, 1.82) is 0 Å². The number of aromatic amines is 1. The number of amides is 3. The number of benzene rings is 3. The van der Waals surface area contributed by atoms with Crippen LogP contribution in [-0.2, 0) is 25.1 Å². The molecule has 3 amide bonds. The zero-order chi connectivity index (χ0) is 50.1. The molecule has 6 rings (SSSR count). The fourth-order valence-corrected chi connectivity index (χ4v) is 10.6. The highest BCUT2D eigenvalue weighted by Gasteiger charge is 2.40. The maximum atomic E-state index is 13.3. The summed E-state index contributed by atoms with van der Waals surface area (Å²) >= 11 is 0. The Hall–Kier alpha value is -5.22. The third-order valence-corrected chi connectivity index (χ3v) is 18.8. The summed E-state index contributed by atoms with van der Waals surface area (Å²) in [4.78, 5) is 57.0. The lowest BCUT2D eigenvalue weighted by Gasteiger charge is -2.40. The number of phenolic OH excluding ortho intramolecular Hbond substituents is 1. The molecule has 2 saturated carbocycles. The SMILES string of the molecule is CN(CCCc1ccc(-c2ccccc2)c(N(C(=O)O)C2CCC(NC(=O)OC(C)(C)C)CC2)c1)C(=O)COC1CCC(CNC[C@H](O[Si](C)(C)C(C)(C)C)c2ccc(O)c3[nH]c(=O)ccc23)CC1. The van der Waals surface area contributed by atoms with Gasteiger partial charge in [0.15, 0.2) is 8.32 Å². The van der Waals surface area contributed by atoms with E-state index in [9.17, 15) is 29.4 Å². The van der Waals surface area contributed by atoms with Crippen LogP contribution in [0.3, 0.4) is 0 Å². The zero-order valence-electron chi connectivity index (χ0n) is 42.4. The number of aryl methyl sites for hydroxylation is 1. The highest BCUT2D eigenvalue weighted by atomic mass is 28.4. The summed E-state index contributed by atoms with van der Waals surface area (Å²) in [5.74, 6) is 0.424. The van der Waals surface area contributed by atoms with Gasteiger partial charge in [-0.3, -0.25) is 14.5 Å². The molecule has 0 unspecified atom stereocenters. The van der Waals surface area contributed by atoms with Crippen molar-refractivity contribution in [2.45, 2.75) is 154 Å². The Morgan fingerprint density at radius 1 is 0.884 bits per heavy atom. The predicted octanol–water partition coefficient (Wildman–Crippen LogP) is 10.5. The number of likely N-dealkylation sites (N-methyl/N-ethyl adjacent to an activating group) is 1. The number of phenols is 1. The number of pyridine rings is 1. The Labute approximate surface area is 409 Å². The molecule has 1 aromatic heterocycles. The second-order valence-electron chi connectivity index (χ2n) is 21.7. The molecular weight excluding hydrogens is 891 g/mol. The lowest BCUT2D eigenvalue weighted by molar-refractivity contribution is -0.137. The first-order chi connectivity index (χ1) is 32.6. The van der Waals surface area contributed by atoms with Gasteiger partial charge >= 0.3 is 12.2 Å². The number of hydrogen-bond acceptors (Lipinski definition) is 9. The van der Waals surface area contributed by atoms with Crippen LogP contribution in [-0.4, -0.2) is 104 Å². The highest BCUT2D eigenvalue weighted by molar-refractivity contribution is 6.74. The van der Waals surface area contributed by atoms with Gasteiger partial charge in [-0.2, -0.15) is 0 Å². The van der Waals surface area contributed by atoms with Gasteiger partial charge in [-0.1, -0.05) is 69.3 Å². The second-order valence-corrected chi connectivity index (χ2v) is 26.5. The topological polar surface area (TPSA) is 183 Å². The summed E-state index contributed by atoms with van der Waals surface area (Å²) in [5, 5.41) is 28.7. The molecule has 4 aromatic rings. The van der Waals surface area contributed by atoms with Gasteiger partial charge in [-0.05, 0) is 150 Å². The van der Waals surface area contributed by atoms with Gasteiger partial charge in [-0.15, -0.1) is 0 Å². The Bertz CT molecular complexity index is 2420. The number of aromatic nitrogens is 1. The van der Waals surface area contributed by atoms with E-state index in [1.54, 1.807) is 24.1 Å². The number of aromatic hydroxyl groups is 1. The third-order valence-electron chi connectivity index (χ3n) is 14.3. The molecule has 2 aliphatic rings. The standard InChI is InChI=1S/C54H77N5O9Si/c1-53(2,3)67-51(63)56-39-20-22-40(23-21-39)59(52(64)65)45-32-36(19-26-42(45)38-15-11-10-12-16-38)14-13-31-58(7)49(62)35-66-41-24-17-37(18-25-41)33-55-34-47(68-69(8,9)54(4,5)6)43-27-29-46(60)50-44(43)28-30-48(61)57-50/h10-12,15-16,19,26-30,32,37,39-41,47,55,60H,13-14,17-18,20-25,31,33-35H2,1-9H3,(H,56,63)(H,57,61)(H,64,65)/t37?,39?,40?,41?,47-/m0/s1. The van der Waals surface area contributed by atoms with Crippen LogP contribution in [0.2, 0.25) is 18.1 Å². The predicted molar refractivity (Wildman–Crippen MR) is 276 cm³/mol. The molecule has 0 saturated heterocycles. The van der Waals surface area contributed by atoms with E-state index in [0.717, 1.165) is 59.9 Å². The quantitative estimate of drug-likeness (QED) is 0.0602. The second kappa shape index (κ2) is 23.1. The van der Waals surface area contributed by atoms with Crippen molar-refractivity contribution in [2.75, 3.05) is 38.2 Å². The molecule has 1 atom stereocenters. The molecule has 376 valence electrons. The number of hydrogen-bond donors (Lipinski definition) is 5. The number of carboxylic acid groups (broad SMARTS) is 1. The van der Waals surface area contributed by atoms with Crippen molar-refractivity contribution in [3.8, 4) is 16.9 Å². The van der Waals surface area contributed by atoms with Crippen LogP contribution in [0.25, 0.3) is 22.0 Å². The van der Waals surface area contributed by atoms with Gasteiger partial charge in [0.1, 0.15) is 18.0 Å². The highest BCUT2D eigenvalue weighted by Crippen LogP contribution is 2.42. The summed E-state index contributed by atoms with van der Waals surface area (Å²) < 4.78 is 18.6. The minimum atomic E-state index is -2.20. The molecule has 0 radical (unpaired) electrons. The summed E-state index contributed by atoms with van der Waals surface area (Å²) in [7, 11) is -0.395. The molecule has 15 heteroatoms. The largest absolute Gasteiger partial charge is 0.506 e. The van der Waals surface area contributed by atoms with Crippen LogP contribution < -0.4 is 21.1 Å². The fraction of sp³-hybridized carbons (Fsp3) is 0.556. The molecule has 14 nitrogen and oxygen atoms in total. The molecular formula is C54H77N5O9Si. The van der Waals surface area contributed by atoms with Gasteiger partial charge < -0.3 is 44.6 Å². The molecule has 0 spiro atoms. The Balaban J connectivity index is 0.978. The number of carbonyl (C=O) groups excluding carboxylic acids is 2. The zero-order valence-corrected chi connectivity index (χ0v) is 43.4. The number of alkyl carbamates (subject to hydrolysis) is 1. The summed E-state index contributed by atoms with van der Waals surface area (Å²) in [5.41, 5.74) is 3.87. The van der Waals surface area contributed by atoms with Crippen molar-refractivity contribution in [2.24, 2.45) is 5.92 Å². The van der Waals surface area contributed by atoms with E-state index in [-0.39, 0.29) is 53.2 Å². The number of ether oxygens (including phenoxy) is 2. The van der Waals surface area contributed by atoms with Crippen LogP contribution in [0, 0.1) is 5.92 Å². The van der Waals surface area contributed by atoms with Crippen molar-refractivity contribution >= 4 is 43.0 Å². The van der Waals surface area contributed by atoms with Crippen LogP contribution in [0.4, 0.5) is 15.3 Å². The van der Waals surface area contributed by atoms with Crippen molar-refractivity contribution in [3.63, 3.8) is 0 Å². The minimum Gasteiger partial charge on any atom is -0.506 e. The van der Waals surface area contributed by atoms with Crippen LogP contribution in [0.1, 0.15) is 117 Å². The fourth-order valence-electron chi connectivity index (χ4n) is 9.36. The van der Waals surface area contributed by atoms with Crippen molar-refractivity contribution in [3.05, 3.63) is 94.3 Å². The summed E-state index contributed by atoms with van der Waals surface area (Å²) in [6.07, 6.45) is 5.83. The van der Waals surface area contributed by atoms with E-state index in [1.165, 1.54) is 11.0 Å². The summed E-state index contributed by atoms with van der Waals surface area (Å²) in [6, 6.07) is 22.3. The van der Waals surface area contributed by atoms with E-state index in [0.29, 0.717) is 68.7 Å². The number of H-pyrrole nitrogens is 1. The van der Waals surface area contributed by atoms with Crippen LogP contribution in [0.5, 0.6) is 5.75 Å². The van der Waals surface area contributed by atoms with E-state index in [2.05, 4.69) is 49.5 Å². The average molecular weight is 968 g/mol. The number of nitrogens with zero attached hydrogens (tertiary/aromatic N) is 2. The number of nitrogens with one attached hydrogen (secondary N) is 3. The van der Waals surface area contributed by atoms with Gasteiger partial charge in [0.05, 0.1) is 23.4 Å². The first-order valence-electron chi connectivity index (χ1n) is 24.9. The van der Waals surface area contributed by atoms with Gasteiger partial charge in [-0.25, -0.2) is 9.59 Å². The normalized spacial score (nSPS) is 19.4. The molecule has 1 heterocycles. The Morgan fingerprint density at radius 3 is 2.23 bits per heavy atom. The molecule has 3 aromatic carbocycles. The first kappa shape index (κ1) is 53.1. The van der Waals surface area contributed by atoms with Crippen molar-refractivity contribution < 1.29 is 38.5 Å². The van der Waals surface area contributed by atoms with Gasteiger partial charge in [0, 0.05) is 49.2 Å². The minimum absolute atomic E-state index is 0.0113. The lowest BCUT2D eigenvalue weighted by Crippen LogP contribution is -2.47. The van der Waals surface area contributed by atoms with Gasteiger partial charge in [0.2, 0.25) is 11.5 Å². The molecule has 69 heavy (non-hydrogen) atoms. The maximum absolute atomic E-state index is 13.3. The lowest BCUT2D eigenvalue weighted by atomic mass is 9.87. The van der Waals surface area contributed by atoms with Crippen molar-refractivity contribution in [1.82, 2.24) is 20.5 Å². The molecule has 5 N–H and O–H groups in total. The number of rotatable bonds is 18. The van der Waals surface area contributed by atoms with E-state index in [1.807, 2.05) is 75.4 Å². The maximum Gasteiger partial charge on any atom is 0.412 e. The molecule has 0 aliphatic heterocycles. The van der Waals surface area contributed by atoms with Crippen LogP contribution >= 0.6 is 0 Å². The summed E-state index contributed by atoms with van der Waals surface area (Å²) in [6.45, 7) is 18.6. The van der Waals surface area contributed by atoms with E-state index < -0.39 is 26.1 Å². The van der Waals surface area contributed by atoms with Crippen LogP contribution in [0.15, 0.2) is 77.6 Å². The monoisotopic (exact) mass is 968 g/mol. The molecule has 2 aliphatic carbocycles. The smallest absolute Gasteiger partial charge is 0.412 e. The number of carbonyl (C=O) groups is 3. The Morgan fingerprint density at radius 2 is 1.58 bits per heavy atom. The first-order valence-corrected chi connectivity index (χ1v) is 27.8. The number of fused-ring (bicyclic) bond motifs is 1. The molecule has 2 fully saturated rings. The van der Waals surface area contributed by atoms with E-state index in [4.69, 9.17) is 13.9 Å². The van der Waals surface area contributed by atoms with Gasteiger partial charge in [0.25, 0.3) is 0 Å². The van der Waals surface area contributed by atoms with E-state index >= 15 is 0 Å². The number of anilines is 1. The molecule has 0 bridgehead atoms.